The molecule has 1 saturated heterocycles. The maximum Gasteiger partial charge on any atom is 0.416 e. The molecule has 47 heavy (non-hydrogen) atoms. The van der Waals surface area contributed by atoms with Gasteiger partial charge in [-0.1, -0.05) is 51.1 Å². The molecule has 5 rings (SSSR count). The van der Waals surface area contributed by atoms with Crippen molar-refractivity contribution in [3.05, 3.63) is 94.5 Å². The summed E-state index contributed by atoms with van der Waals surface area (Å²) < 4.78 is 91.0. The fraction of sp³-hybridized carbons (Fsp3) is 0.457. The number of piperidine rings is 1. The summed E-state index contributed by atoms with van der Waals surface area (Å²) in [6.45, 7) is 8.29. The molecule has 1 saturated carbocycles. The molecule has 3 aromatic carbocycles. The smallest absolute Gasteiger partial charge is 0.416 e. The maximum absolute atomic E-state index is 13.5. The van der Waals surface area contributed by atoms with Crippen LogP contribution in [0.25, 0.3) is 0 Å². The maximum atomic E-state index is 13.5. The van der Waals surface area contributed by atoms with Crippen LogP contribution in [-0.2, 0) is 35.5 Å². The van der Waals surface area contributed by atoms with Gasteiger partial charge in [0.2, 0.25) is 0 Å². The van der Waals surface area contributed by atoms with Crippen molar-refractivity contribution in [1.82, 2.24) is 10.2 Å². The molecule has 1 aliphatic heterocycles. The number of ether oxygens (including phenoxy) is 2. The van der Waals surface area contributed by atoms with Gasteiger partial charge in [0.15, 0.2) is 6.10 Å². The quantitative estimate of drug-likeness (QED) is 0.158. The molecule has 6 nitrogen and oxygen atoms in total. The Hall–Kier alpha value is -3.77. The van der Waals surface area contributed by atoms with Gasteiger partial charge in [-0.05, 0) is 70.3 Å². The molecule has 1 heterocycles. The summed E-state index contributed by atoms with van der Waals surface area (Å²) in [5.41, 5.74) is -0.839. The summed E-state index contributed by atoms with van der Waals surface area (Å²) in [5.74, 6) is 0.577. The molecule has 0 amide bonds. The summed E-state index contributed by atoms with van der Waals surface area (Å²) in [5, 5.41) is 13.1. The van der Waals surface area contributed by atoms with Crippen LogP contribution >= 0.6 is 0 Å². The van der Waals surface area contributed by atoms with Crippen molar-refractivity contribution in [3.8, 4) is 11.5 Å². The number of rotatable bonds is 12. The molecule has 2 unspecified atom stereocenters. The van der Waals surface area contributed by atoms with Crippen LogP contribution < -0.4 is 14.8 Å². The largest absolute Gasteiger partial charge is 0.492 e. The van der Waals surface area contributed by atoms with E-state index in [1.807, 2.05) is 17.0 Å². The molecule has 0 aromatic heterocycles. The molecule has 4 atom stereocenters. The van der Waals surface area contributed by atoms with Crippen molar-refractivity contribution >= 4 is 5.97 Å². The third kappa shape index (κ3) is 8.78. The van der Waals surface area contributed by atoms with Gasteiger partial charge in [0, 0.05) is 38.6 Å². The second kappa shape index (κ2) is 13.4. The van der Waals surface area contributed by atoms with Crippen LogP contribution in [0.2, 0.25) is 0 Å². The van der Waals surface area contributed by atoms with Crippen molar-refractivity contribution in [2.45, 2.75) is 63.7 Å². The lowest BCUT2D eigenvalue weighted by Gasteiger charge is -2.23. The van der Waals surface area contributed by atoms with E-state index in [1.54, 1.807) is 36.4 Å². The zero-order chi connectivity index (χ0) is 34.1. The normalized spacial score (nSPS) is 20.5. The Balaban J connectivity index is 1.03. The summed E-state index contributed by atoms with van der Waals surface area (Å²) >= 11 is 0. The lowest BCUT2D eigenvalue weighted by Crippen LogP contribution is -2.33. The van der Waals surface area contributed by atoms with Crippen LogP contribution in [0.4, 0.5) is 26.3 Å². The van der Waals surface area contributed by atoms with Gasteiger partial charge in [0.1, 0.15) is 18.1 Å². The molecule has 1 aliphatic carbocycles. The number of carboxylic acids is 1. The number of halogens is 6. The Morgan fingerprint density at radius 1 is 0.872 bits per heavy atom. The van der Waals surface area contributed by atoms with Gasteiger partial charge in [-0.15, -0.1) is 0 Å². The van der Waals surface area contributed by atoms with Crippen LogP contribution in [0.15, 0.2) is 66.7 Å². The van der Waals surface area contributed by atoms with Gasteiger partial charge >= 0.3 is 18.3 Å². The first kappa shape index (κ1) is 34.6. The second-order valence-electron chi connectivity index (χ2n) is 13.3. The fourth-order valence-corrected chi connectivity index (χ4v) is 6.15. The van der Waals surface area contributed by atoms with Gasteiger partial charge in [-0.25, -0.2) is 4.79 Å². The minimum Gasteiger partial charge on any atom is -0.492 e. The predicted molar refractivity (Wildman–Crippen MR) is 163 cm³/mol. The molecular formula is C35H38F6N2O4. The van der Waals surface area contributed by atoms with E-state index in [4.69, 9.17) is 9.47 Å². The van der Waals surface area contributed by atoms with Gasteiger partial charge in [0.25, 0.3) is 0 Å². The Morgan fingerprint density at radius 3 is 2.02 bits per heavy atom. The summed E-state index contributed by atoms with van der Waals surface area (Å²) in [6, 6.07) is 16.6. The minimum absolute atomic E-state index is 0.0252. The zero-order valence-electron chi connectivity index (χ0n) is 26.3. The third-order valence-electron chi connectivity index (χ3n) is 8.78. The number of benzene rings is 3. The van der Waals surface area contributed by atoms with Crippen molar-refractivity contribution in [2.75, 3.05) is 26.2 Å². The molecular weight excluding hydrogens is 626 g/mol. The molecule has 2 N–H and O–H groups in total. The molecule has 0 spiro atoms. The van der Waals surface area contributed by atoms with Gasteiger partial charge in [0.05, 0.1) is 11.1 Å². The predicted octanol–water partition coefficient (Wildman–Crippen LogP) is 7.20. The minimum atomic E-state index is -4.88. The number of alkyl halides is 6. The van der Waals surface area contributed by atoms with E-state index in [-0.39, 0.29) is 47.9 Å². The number of aliphatic carboxylic acids is 1. The van der Waals surface area contributed by atoms with E-state index in [0.717, 1.165) is 17.2 Å². The monoisotopic (exact) mass is 664 g/mol. The number of nitrogens with one attached hydrogen (secondary N) is 1. The summed E-state index contributed by atoms with van der Waals surface area (Å²) in [7, 11) is 0. The second-order valence-corrected chi connectivity index (χ2v) is 13.3. The Morgan fingerprint density at radius 2 is 1.47 bits per heavy atom. The fourth-order valence-electron chi connectivity index (χ4n) is 6.15. The SMILES string of the molecule is CC(C)(C)c1ccc(O[C@@H](Cc2ccc(OCCNC3C4CN(Cc5ccc(C(F)(F)F)cc5C(F)(F)F)C[C@H]43)cc2)C(=O)O)cc1. The average molecular weight is 665 g/mol. The highest BCUT2D eigenvalue weighted by atomic mass is 19.4. The van der Waals surface area contributed by atoms with Crippen LogP contribution in [0.1, 0.15) is 48.6 Å². The first-order chi connectivity index (χ1) is 22.0. The van der Waals surface area contributed by atoms with Crippen molar-refractivity contribution in [2.24, 2.45) is 11.8 Å². The van der Waals surface area contributed by atoms with E-state index < -0.39 is 35.6 Å². The number of hydrogen-bond donors (Lipinski definition) is 2. The lowest BCUT2D eigenvalue weighted by molar-refractivity contribution is -0.145. The first-order valence-corrected chi connectivity index (χ1v) is 15.4. The molecule has 0 bridgehead atoms. The van der Waals surface area contributed by atoms with E-state index in [0.29, 0.717) is 43.8 Å². The zero-order valence-corrected chi connectivity index (χ0v) is 26.3. The Kier molecular flexibility index (Phi) is 9.84. The number of carboxylic acid groups (broad SMARTS) is 1. The van der Waals surface area contributed by atoms with E-state index in [9.17, 15) is 36.2 Å². The summed E-state index contributed by atoms with van der Waals surface area (Å²) in [4.78, 5) is 13.7. The number of hydrogen-bond acceptors (Lipinski definition) is 5. The molecule has 254 valence electrons. The molecule has 2 aliphatic rings. The average Bonchev–Trinajstić information content (AvgIpc) is 3.43. The van der Waals surface area contributed by atoms with Crippen LogP contribution in [0, 0.1) is 11.8 Å². The number of fused-ring (bicyclic) bond motifs is 1. The molecule has 0 radical (unpaired) electrons. The van der Waals surface area contributed by atoms with Crippen molar-refractivity contribution in [3.63, 3.8) is 0 Å². The lowest BCUT2D eigenvalue weighted by atomic mass is 9.87. The van der Waals surface area contributed by atoms with Gasteiger partial charge in [-0.3, -0.25) is 4.90 Å². The van der Waals surface area contributed by atoms with Gasteiger partial charge in [-0.2, -0.15) is 26.3 Å². The highest BCUT2D eigenvalue weighted by molar-refractivity contribution is 5.73. The highest BCUT2D eigenvalue weighted by Crippen LogP contribution is 2.46. The highest BCUT2D eigenvalue weighted by Gasteiger charge is 2.55. The Bertz CT molecular complexity index is 1520. The van der Waals surface area contributed by atoms with Crippen LogP contribution in [-0.4, -0.2) is 54.4 Å². The van der Waals surface area contributed by atoms with Crippen molar-refractivity contribution < 1.29 is 45.7 Å². The number of carbonyl (C=O) groups is 1. The van der Waals surface area contributed by atoms with Crippen LogP contribution in [0.3, 0.4) is 0 Å². The first-order valence-electron chi connectivity index (χ1n) is 15.4. The molecule has 2 fully saturated rings. The third-order valence-corrected chi connectivity index (χ3v) is 8.78. The Labute approximate surface area is 269 Å². The van der Waals surface area contributed by atoms with E-state index >= 15 is 0 Å². The van der Waals surface area contributed by atoms with Crippen LogP contribution in [0.5, 0.6) is 11.5 Å². The topological polar surface area (TPSA) is 71.0 Å². The summed E-state index contributed by atoms with van der Waals surface area (Å²) in [6.07, 6.45) is -10.6. The van der Waals surface area contributed by atoms with E-state index in [2.05, 4.69) is 26.1 Å². The van der Waals surface area contributed by atoms with Gasteiger partial charge < -0.3 is 19.9 Å². The van der Waals surface area contributed by atoms with E-state index in [1.165, 1.54) is 0 Å². The van der Waals surface area contributed by atoms with Crippen molar-refractivity contribution in [1.29, 1.82) is 0 Å². The number of nitrogens with zero attached hydrogens (tertiary/aromatic N) is 1. The number of likely N-dealkylation sites (tertiary alicyclic amines) is 1. The standard InChI is InChI=1S/C35H38F6N2O4/c1-33(2,3)23-8-12-26(13-9-23)47-30(32(44)45)16-21-4-10-25(11-5-21)46-15-14-42-31-27-19-43(20-28(27)31)18-22-6-7-24(34(36,37)38)17-29(22)35(39,40)41/h4-13,17,27-28,30-31,42H,14-16,18-20H2,1-3H3,(H,44,45)/t27-,28?,30+,31?/m1/s1. The molecule has 12 heteroatoms. The molecule has 3 aromatic rings.